The van der Waals surface area contributed by atoms with Gasteiger partial charge in [0.1, 0.15) is 17.9 Å². The molecule has 0 N–H and O–H groups in total. The van der Waals surface area contributed by atoms with Crippen LogP contribution in [0.3, 0.4) is 0 Å². The van der Waals surface area contributed by atoms with E-state index in [-0.39, 0.29) is 5.92 Å². The number of likely N-dealkylation sites (N-methyl/N-ethyl adjacent to an activating group) is 1. The predicted octanol–water partition coefficient (Wildman–Crippen LogP) is 1.35. The summed E-state index contributed by atoms with van der Waals surface area (Å²) in [7, 11) is 3.90. The van der Waals surface area contributed by atoms with Crippen molar-refractivity contribution in [2.24, 2.45) is 5.92 Å². The molecule has 0 aliphatic carbocycles. The molecule has 3 rings (SSSR count). The van der Waals surface area contributed by atoms with Gasteiger partial charge in [0.15, 0.2) is 0 Å². The van der Waals surface area contributed by atoms with Gasteiger partial charge in [-0.3, -0.25) is 0 Å². The fraction of sp³-hybridized carbons (Fsp3) is 0.500. The van der Waals surface area contributed by atoms with Gasteiger partial charge in [0.05, 0.1) is 12.0 Å². The van der Waals surface area contributed by atoms with Crippen LogP contribution in [0.15, 0.2) is 41.6 Å². The van der Waals surface area contributed by atoms with Gasteiger partial charge in [-0.1, -0.05) is 0 Å². The van der Waals surface area contributed by atoms with Crippen molar-refractivity contribution in [3.8, 4) is 5.75 Å². The van der Waals surface area contributed by atoms with E-state index in [1.165, 1.54) is 0 Å². The highest BCUT2D eigenvalue weighted by molar-refractivity contribution is 7.89. The Balaban J connectivity index is 1.80. The molecule has 9 heteroatoms. The zero-order valence-electron chi connectivity index (χ0n) is 17.4. The van der Waals surface area contributed by atoms with Gasteiger partial charge in [-0.25, -0.2) is 18.4 Å². The molecule has 1 aromatic heterocycles. The van der Waals surface area contributed by atoms with Crippen LogP contribution < -0.4 is 9.64 Å². The van der Waals surface area contributed by atoms with E-state index in [4.69, 9.17) is 4.74 Å². The Labute approximate surface area is 173 Å². The van der Waals surface area contributed by atoms with Crippen molar-refractivity contribution < 1.29 is 13.2 Å². The number of benzene rings is 1. The molecular formula is C20H29N5O3S. The Bertz CT molecular complexity index is 918. The van der Waals surface area contributed by atoms with Crippen LogP contribution in [-0.4, -0.2) is 82.0 Å². The number of ether oxygens (including phenoxy) is 1. The fourth-order valence-corrected chi connectivity index (χ4v) is 5.04. The van der Waals surface area contributed by atoms with E-state index in [2.05, 4.69) is 14.9 Å². The second kappa shape index (κ2) is 9.06. The number of sulfonamides is 1. The van der Waals surface area contributed by atoms with Crippen molar-refractivity contribution >= 4 is 15.8 Å². The molecule has 1 atom stereocenters. The molecule has 0 amide bonds. The van der Waals surface area contributed by atoms with Gasteiger partial charge < -0.3 is 14.5 Å². The van der Waals surface area contributed by atoms with E-state index in [1.807, 2.05) is 32.1 Å². The summed E-state index contributed by atoms with van der Waals surface area (Å²) >= 11 is 0. The molecule has 1 aliphatic rings. The first kappa shape index (κ1) is 21.5. The first-order valence-electron chi connectivity index (χ1n) is 9.60. The number of anilines is 1. The maximum atomic E-state index is 13.2. The van der Waals surface area contributed by atoms with Gasteiger partial charge in [0.25, 0.3) is 0 Å². The average Bonchev–Trinajstić information content (AvgIpc) is 2.89. The van der Waals surface area contributed by atoms with E-state index in [1.54, 1.807) is 42.0 Å². The zero-order valence-corrected chi connectivity index (χ0v) is 18.3. The molecule has 8 nitrogen and oxygen atoms in total. The molecule has 1 aliphatic heterocycles. The molecule has 1 unspecified atom stereocenters. The number of methoxy groups -OCH3 is 1. The molecule has 1 saturated heterocycles. The number of hydrogen-bond acceptors (Lipinski definition) is 7. The average molecular weight is 420 g/mol. The Morgan fingerprint density at radius 1 is 1.14 bits per heavy atom. The van der Waals surface area contributed by atoms with Crippen LogP contribution >= 0.6 is 0 Å². The van der Waals surface area contributed by atoms with Crippen LogP contribution in [-0.2, 0) is 16.4 Å². The molecule has 1 fully saturated rings. The van der Waals surface area contributed by atoms with Gasteiger partial charge in [-0.15, -0.1) is 0 Å². The highest BCUT2D eigenvalue weighted by Crippen LogP contribution is 2.23. The smallest absolute Gasteiger partial charge is 0.243 e. The van der Waals surface area contributed by atoms with Crippen molar-refractivity contribution in [2.45, 2.75) is 11.3 Å². The molecule has 0 saturated carbocycles. The predicted molar refractivity (Wildman–Crippen MR) is 113 cm³/mol. The summed E-state index contributed by atoms with van der Waals surface area (Å²) in [5, 5.41) is 0. The summed E-state index contributed by atoms with van der Waals surface area (Å²) in [5.41, 5.74) is 0.922. The third-order valence-corrected chi connectivity index (χ3v) is 7.00. The Kier molecular flexibility index (Phi) is 6.71. The minimum Gasteiger partial charge on any atom is -0.497 e. The summed E-state index contributed by atoms with van der Waals surface area (Å²) < 4.78 is 33.2. The SMILES string of the molecule is COc1ccc(S(=O)(=O)N2CCN(C)CC(Cc3cc(N(C)C)ncn3)C2)cc1. The van der Waals surface area contributed by atoms with E-state index in [0.717, 1.165) is 18.1 Å². The van der Waals surface area contributed by atoms with E-state index in [9.17, 15) is 8.42 Å². The largest absolute Gasteiger partial charge is 0.497 e. The van der Waals surface area contributed by atoms with Gasteiger partial charge in [-0.2, -0.15) is 4.31 Å². The fourth-order valence-electron chi connectivity index (χ4n) is 3.53. The van der Waals surface area contributed by atoms with Crippen LogP contribution in [0.25, 0.3) is 0 Å². The summed E-state index contributed by atoms with van der Waals surface area (Å²) in [4.78, 5) is 13.1. The van der Waals surface area contributed by atoms with Crippen molar-refractivity contribution in [1.82, 2.24) is 19.2 Å². The molecule has 0 radical (unpaired) electrons. The highest BCUT2D eigenvalue weighted by atomic mass is 32.2. The number of aromatic nitrogens is 2. The quantitative estimate of drug-likeness (QED) is 0.699. The van der Waals surface area contributed by atoms with Gasteiger partial charge in [-0.05, 0) is 43.7 Å². The van der Waals surface area contributed by atoms with Crippen molar-refractivity contribution in [2.75, 3.05) is 59.3 Å². The maximum absolute atomic E-state index is 13.2. The Hall–Kier alpha value is -2.23. The second-order valence-electron chi connectivity index (χ2n) is 7.63. The molecule has 2 heterocycles. The molecule has 2 aromatic rings. The molecular weight excluding hydrogens is 390 g/mol. The first-order valence-corrected chi connectivity index (χ1v) is 11.0. The van der Waals surface area contributed by atoms with Crippen LogP contribution in [0.5, 0.6) is 5.75 Å². The van der Waals surface area contributed by atoms with Gasteiger partial charge >= 0.3 is 0 Å². The minimum absolute atomic E-state index is 0.139. The summed E-state index contributed by atoms with van der Waals surface area (Å²) in [6, 6.07) is 8.53. The first-order chi connectivity index (χ1) is 13.8. The topological polar surface area (TPSA) is 78.9 Å². The monoisotopic (exact) mass is 419 g/mol. The van der Waals surface area contributed by atoms with Crippen molar-refractivity contribution in [1.29, 1.82) is 0 Å². The highest BCUT2D eigenvalue weighted by Gasteiger charge is 2.30. The van der Waals surface area contributed by atoms with Gasteiger partial charge in [0.2, 0.25) is 10.0 Å². The molecule has 158 valence electrons. The van der Waals surface area contributed by atoms with Crippen LogP contribution in [0.1, 0.15) is 5.69 Å². The van der Waals surface area contributed by atoms with E-state index >= 15 is 0 Å². The minimum atomic E-state index is -3.57. The normalized spacial score (nSPS) is 19.0. The lowest BCUT2D eigenvalue weighted by Gasteiger charge is -2.24. The van der Waals surface area contributed by atoms with Crippen molar-refractivity contribution in [3.05, 3.63) is 42.4 Å². The van der Waals surface area contributed by atoms with Crippen molar-refractivity contribution in [3.63, 3.8) is 0 Å². The molecule has 0 bridgehead atoms. The van der Waals surface area contributed by atoms with Crippen LogP contribution in [0, 0.1) is 5.92 Å². The summed E-state index contributed by atoms with van der Waals surface area (Å²) in [6.45, 7) is 2.43. The van der Waals surface area contributed by atoms with Crippen LogP contribution in [0.4, 0.5) is 5.82 Å². The second-order valence-corrected chi connectivity index (χ2v) is 9.57. The Morgan fingerprint density at radius 3 is 2.52 bits per heavy atom. The molecule has 29 heavy (non-hydrogen) atoms. The molecule has 1 aromatic carbocycles. The van der Waals surface area contributed by atoms with E-state index in [0.29, 0.717) is 36.7 Å². The van der Waals surface area contributed by atoms with Crippen LogP contribution in [0.2, 0.25) is 0 Å². The van der Waals surface area contributed by atoms with E-state index < -0.39 is 10.0 Å². The summed E-state index contributed by atoms with van der Waals surface area (Å²) in [6.07, 6.45) is 2.26. The lowest BCUT2D eigenvalue weighted by Crippen LogP contribution is -2.36. The maximum Gasteiger partial charge on any atom is 0.243 e. The summed E-state index contributed by atoms with van der Waals surface area (Å²) in [5.74, 6) is 1.62. The zero-order chi connectivity index (χ0) is 21.0. The number of rotatable bonds is 6. The lowest BCUT2D eigenvalue weighted by atomic mass is 10.0. The molecule has 0 spiro atoms. The lowest BCUT2D eigenvalue weighted by molar-refractivity contribution is 0.307. The number of nitrogens with zero attached hydrogens (tertiary/aromatic N) is 5. The standard InChI is InChI=1S/C20H29N5O3S/c1-23(2)20-12-17(21-15-22-20)11-16-13-24(3)9-10-25(14-16)29(26,27)19-7-5-18(28-4)6-8-19/h5-8,12,15-16H,9-11,13-14H2,1-4H3. The third-order valence-electron chi connectivity index (χ3n) is 5.13. The van der Waals surface area contributed by atoms with Gasteiger partial charge in [0, 0.05) is 52.0 Å². The number of hydrogen-bond donors (Lipinski definition) is 0. The Morgan fingerprint density at radius 2 is 1.86 bits per heavy atom. The third kappa shape index (κ3) is 5.23.